The van der Waals surface area contributed by atoms with Crippen molar-refractivity contribution in [2.45, 2.75) is 19.9 Å². The molecule has 2 aromatic rings. The van der Waals surface area contributed by atoms with Crippen molar-refractivity contribution < 1.29 is 4.79 Å². The first-order chi connectivity index (χ1) is 9.20. The van der Waals surface area contributed by atoms with Crippen LogP contribution in [-0.2, 0) is 6.54 Å². The lowest BCUT2D eigenvalue weighted by Gasteiger charge is -2.21. The number of carbonyl (C=O) groups excluding carboxylic acids is 1. The monoisotopic (exact) mass is 274 g/mol. The molecule has 100 valence electrons. The van der Waals surface area contributed by atoms with Crippen LogP contribution in [0.5, 0.6) is 0 Å². The van der Waals surface area contributed by atoms with E-state index in [-0.39, 0.29) is 5.91 Å². The molecule has 1 heterocycles. The zero-order valence-corrected chi connectivity index (χ0v) is 11.8. The normalized spacial score (nSPS) is 10.4. The Kier molecular flexibility index (Phi) is 4.58. The van der Waals surface area contributed by atoms with Crippen molar-refractivity contribution in [2.24, 2.45) is 0 Å². The van der Waals surface area contributed by atoms with E-state index < -0.39 is 0 Å². The van der Waals surface area contributed by atoms with Gasteiger partial charge in [0.25, 0.3) is 5.91 Å². The van der Waals surface area contributed by atoms with E-state index in [1.54, 1.807) is 0 Å². The van der Waals surface area contributed by atoms with Gasteiger partial charge < -0.3 is 10.6 Å². The molecular weight excluding hydrogens is 256 g/mol. The van der Waals surface area contributed by atoms with Crippen LogP contribution in [0.15, 0.2) is 41.8 Å². The molecule has 3 nitrogen and oxygen atoms in total. The quantitative estimate of drug-likeness (QED) is 0.850. The molecule has 1 amide bonds. The van der Waals surface area contributed by atoms with Crippen molar-refractivity contribution in [2.75, 3.05) is 12.3 Å². The van der Waals surface area contributed by atoms with Crippen molar-refractivity contribution >= 4 is 22.9 Å². The molecule has 0 saturated heterocycles. The number of hydrogen-bond donors (Lipinski definition) is 1. The first-order valence-electron chi connectivity index (χ1n) is 6.38. The zero-order chi connectivity index (χ0) is 13.7. The molecule has 2 N–H and O–H groups in total. The van der Waals surface area contributed by atoms with Gasteiger partial charge in [0.2, 0.25) is 0 Å². The second-order valence-corrected chi connectivity index (χ2v) is 5.40. The molecule has 0 aliphatic rings. The van der Waals surface area contributed by atoms with Gasteiger partial charge in [0.15, 0.2) is 0 Å². The molecule has 0 saturated carbocycles. The maximum atomic E-state index is 12.4. The Bertz CT molecular complexity index is 537. The summed E-state index contributed by atoms with van der Waals surface area (Å²) in [4.78, 5) is 15.1. The first kappa shape index (κ1) is 13.6. The maximum absolute atomic E-state index is 12.4. The lowest BCUT2D eigenvalue weighted by molar-refractivity contribution is 0.0748. The molecule has 4 heteroatoms. The van der Waals surface area contributed by atoms with Gasteiger partial charge in [0.1, 0.15) is 0 Å². The molecule has 2 rings (SSSR count). The molecule has 0 radical (unpaired) electrons. The number of hydrogen-bond acceptors (Lipinski definition) is 3. The number of thiophene rings is 1. The SMILES string of the molecule is CCCN(Cc1cccc(N)c1)C(=O)c1cccs1. The van der Waals surface area contributed by atoms with Crippen LogP contribution in [-0.4, -0.2) is 17.4 Å². The van der Waals surface area contributed by atoms with Gasteiger partial charge in [-0.25, -0.2) is 0 Å². The molecule has 0 aliphatic carbocycles. The first-order valence-corrected chi connectivity index (χ1v) is 7.26. The largest absolute Gasteiger partial charge is 0.399 e. The summed E-state index contributed by atoms with van der Waals surface area (Å²) in [6.45, 7) is 3.44. The number of carbonyl (C=O) groups is 1. The van der Waals surface area contributed by atoms with Gasteiger partial charge in [-0.1, -0.05) is 25.1 Å². The van der Waals surface area contributed by atoms with E-state index in [9.17, 15) is 4.79 Å². The van der Waals surface area contributed by atoms with Crippen molar-refractivity contribution in [1.82, 2.24) is 4.90 Å². The van der Waals surface area contributed by atoms with E-state index in [4.69, 9.17) is 5.73 Å². The molecule has 1 aromatic heterocycles. The van der Waals surface area contributed by atoms with Gasteiger partial charge in [0.05, 0.1) is 4.88 Å². The Hall–Kier alpha value is -1.81. The summed E-state index contributed by atoms with van der Waals surface area (Å²) in [5, 5.41) is 1.93. The highest BCUT2D eigenvalue weighted by atomic mass is 32.1. The number of benzene rings is 1. The average molecular weight is 274 g/mol. The number of nitrogens with two attached hydrogens (primary N) is 1. The van der Waals surface area contributed by atoms with E-state index >= 15 is 0 Å². The van der Waals surface area contributed by atoms with Crippen molar-refractivity contribution in [1.29, 1.82) is 0 Å². The van der Waals surface area contributed by atoms with Crippen LogP contribution in [0.25, 0.3) is 0 Å². The second kappa shape index (κ2) is 6.38. The van der Waals surface area contributed by atoms with E-state index in [1.807, 2.05) is 46.7 Å². The lowest BCUT2D eigenvalue weighted by Crippen LogP contribution is -2.30. The van der Waals surface area contributed by atoms with Crippen molar-refractivity contribution in [3.8, 4) is 0 Å². The Labute approximate surface area is 117 Å². The summed E-state index contributed by atoms with van der Waals surface area (Å²) in [6, 6.07) is 11.5. The molecule has 0 fully saturated rings. The number of nitrogen functional groups attached to an aromatic ring is 1. The summed E-state index contributed by atoms with van der Waals surface area (Å²) in [5.74, 6) is 0.0966. The summed E-state index contributed by atoms with van der Waals surface area (Å²) >= 11 is 1.48. The summed E-state index contributed by atoms with van der Waals surface area (Å²) < 4.78 is 0. The minimum absolute atomic E-state index is 0.0966. The number of anilines is 1. The average Bonchev–Trinajstić information content (AvgIpc) is 2.91. The lowest BCUT2D eigenvalue weighted by atomic mass is 10.2. The third kappa shape index (κ3) is 3.58. The van der Waals surface area contributed by atoms with Crippen LogP contribution in [0.3, 0.4) is 0 Å². The van der Waals surface area contributed by atoms with Crippen LogP contribution in [0.2, 0.25) is 0 Å². The number of rotatable bonds is 5. The van der Waals surface area contributed by atoms with Gasteiger partial charge in [0, 0.05) is 18.8 Å². The van der Waals surface area contributed by atoms with Gasteiger partial charge in [-0.15, -0.1) is 11.3 Å². The topological polar surface area (TPSA) is 46.3 Å². The maximum Gasteiger partial charge on any atom is 0.264 e. The molecule has 0 aliphatic heterocycles. The van der Waals surface area contributed by atoms with Gasteiger partial charge in [-0.2, -0.15) is 0 Å². The minimum atomic E-state index is 0.0966. The van der Waals surface area contributed by atoms with E-state index in [1.165, 1.54) is 11.3 Å². The number of amides is 1. The van der Waals surface area contributed by atoms with Crippen molar-refractivity contribution in [3.63, 3.8) is 0 Å². The summed E-state index contributed by atoms with van der Waals surface area (Å²) in [7, 11) is 0. The molecular formula is C15H18N2OS. The second-order valence-electron chi connectivity index (χ2n) is 4.45. The van der Waals surface area contributed by atoms with Crippen LogP contribution in [0.4, 0.5) is 5.69 Å². The highest BCUT2D eigenvalue weighted by Crippen LogP contribution is 2.16. The van der Waals surface area contributed by atoms with Crippen LogP contribution in [0, 0.1) is 0 Å². The molecule has 0 bridgehead atoms. The molecule has 0 atom stereocenters. The van der Waals surface area contributed by atoms with Gasteiger partial charge >= 0.3 is 0 Å². The standard InChI is InChI=1S/C15H18N2OS/c1-2-8-17(15(18)14-7-4-9-19-14)11-12-5-3-6-13(16)10-12/h3-7,9-10H,2,8,11,16H2,1H3. The summed E-state index contributed by atoms with van der Waals surface area (Å²) in [5.41, 5.74) is 7.58. The third-order valence-corrected chi connectivity index (χ3v) is 3.70. The zero-order valence-electron chi connectivity index (χ0n) is 11.0. The third-order valence-electron chi connectivity index (χ3n) is 2.84. The summed E-state index contributed by atoms with van der Waals surface area (Å²) in [6.07, 6.45) is 0.944. The van der Waals surface area contributed by atoms with Crippen LogP contribution >= 0.6 is 11.3 Å². The fraction of sp³-hybridized carbons (Fsp3) is 0.267. The predicted octanol–water partition coefficient (Wildman–Crippen LogP) is 3.38. The molecule has 0 unspecified atom stereocenters. The Morgan fingerprint density at radius 2 is 2.16 bits per heavy atom. The van der Waals surface area contributed by atoms with E-state index in [0.29, 0.717) is 6.54 Å². The number of nitrogens with zero attached hydrogens (tertiary/aromatic N) is 1. The van der Waals surface area contributed by atoms with Crippen LogP contribution < -0.4 is 5.73 Å². The van der Waals surface area contributed by atoms with E-state index in [2.05, 4.69) is 6.92 Å². The highest BCUT2D eigenvalue weighted by molar-refractivity contribution is 7.12. The highest BCUT2D eigenvalue weighted by Gasteiger charge is 2.16. The molecule has 1 aromatic carbocycles. The van der Waals surface area contributed by atoms with Crippen molar-refractivity contribution in [3.05, 3.63) is 52.2 Å². The van der Waals surface area contributed by atoms with Gasteiger partial charge in [-0.3, -0.25) is 4.79 Å². The smallest absolute Gasteiger partial charge is 0.264 e. The Morgan fingerprint density at radius 3 is 2.79 bits per heavy atom. The fourth-order valence-electron chi connectivity index (χ4n) is 1.99. The minimum Gasteiger partial charge on any atom is -0.399 e. The van der Waals surface area contributed by atoms with E-state index in [0.717, 1.165) is 29.1 Å². The van der Waals surface area contributed by atoms with Gasteiger partial charge in [-0.05, 0) is 35.6 Å². The fourth-order valence-corrected chi connectivity index (χ4v) is 2.68. The Morgan fingerprint density at radius 1 is 1.32 bits per heavy atom. The molecule has 19 heavy (non-hydrogen) atoms. The molecule has 0 spiro atoms. The van der Waals surface area contributed by atoms with Crippen LogP contribution in [0.1, 0.15) is 28.6 Å². The Balaban J connectivity index is 2.14. The predicted molar refractivity (Wildman–Crippen MR) is 80.2 cm³/mol.